The maximum absolute atomic E-state index is 5.59. The van der Waals surface area contributed by atoms with Crippen LogP contribution in [0.2, 0.25) is 0 Å². The molecule has 2 aromatic carbocycles. The monoisotopic (exact) mass is 472 g/mol. The summed E-state index contributed by atoms with van der Waals surface area (Å²) in [4.78, 5) is 5.33. The van der Waals surface area contributed by atoms with Crippen LogP contribution in [0.5, 0.6) is 0 Å². The second kappa shape index (κ2) is 9.39. The Morgan fingerprint density at radius 1 is 1.06 bits per heavy atom. The topological polar surface area (TPSA) is 48.4 Å². The predicted octanol–water partition coefficient (Wildman–Crippen LogP) is 3.93. The number of piperidine rings is 3. The Bertz CT molecular complexity index is 1130. The Balaban J connectivity index is 0.992. The number of anilines is 2. The van der Waals surface area contributed by atoms with Crippen LogP contribution in [-0.4, -0.2) is 58.6 Å². The number of fused-ring (bicyclic) bond motifs is 4. The van der Waals surface area contributed by atoms with Crippen LogP contribution in [-0.2, 0) is 6.42 Å². The number of para-hydroxylation sites is 1. The fraction of sp³-hybridized carbons (Fsp3) is 0.407. The average Bonchev–Trinajstić information content (AvgIpc) is 3.55. The lowest BCUT2D eigenvalue weighted by Gasteiger charge is -2.51. The van der Waals surface area contributed by atoms with Gasteiger partial charge in [0, 0.05) is 56.0 Å². The molecule has 2 N–H and O–H groups in total. The molecule has 176 valence electrons. The van der Waals surface area contributed by atoms with Gasteiger partial charge in [0.1, 0.15) is 0 Å². The molecule has 0 spiro atoms. The van der Waals surface area contributed by atoms with E-state index < -0.39 is 0 Å². The maximum Gasteiger partial charge on any atom is 0.170 e. The first-order valence-corrected chi connectivity index (χ1v) is 12.9. The van der Waals surface area contributed by atoms with Crippen molar-refractivity contribution in [3.63, 3.8) is 0 Å². The number of thiocarbonyl (C=S) groups is 1. The van der Waals surface area contributed by atoms with Crippen LogP contribution >= 0.6 is 12.2 Å². The van der Waals surface area contributed by atoms with Crippen molar-refractivity contribution in [2.24, 2.45) is 11.8 Å². The molecule has 3 aromatic rings. The molecule has 0 unspecified atom stereocenters. The molecule has 0 saturated carbocycles. The lowest BCUT2D eigenvalue weighted by atomic mass is 9.75. The van der Waals surface area contributed by atoms with Crippen LogP contribution in [0, 0.1) is 11.8 Å². The summed E-state index contributed by atoms with van der Waals surface area (Å²) in [5, 5.41) is 11.8. The molecule has 0 amide bonds. The van der Waals surface area contributed by atoms with E-state index in [1.54, 1.807) is 6.20 Å². The van der Waals surface area contributed by atoms with E-state index in [4.69, 9.17) is 12.2 Å². The van der Waals surface area contributed by atoms with Gasteiger partial charge in [-0.05, 0) is 91.8 Å². The maximum atomic E-state index is 5.59. The van der Waals surface area contributed by atoms with Crippen molar-refractivity contribution in [3.8, 4) is 5.69 Å². The average molecular weight is 473 g/mol. The zero-order valence-electron chi connectivity index (χ0n) is 19.4. The van der Waals surface area contributed by atoms with Gasteiger partial charge in [-0.25, -0.2) is 4.68 Å². The molecule has 2 bridgehead atoms. The van der Waals surface area contributed by atoms with E-state index in [1.165, 1.54) is 56.7 Å². The molecule has 34 heavy (non-hydrogen) atoms. The highest BCUT2D eigenvalue weighted by Crippen LogP contribution is 2.38. The molecule has 6 nitrogen and oxygen atoms in total. The molecule has 4 atom stereocenters. The van der Waals surface area contributed by atoms with E-state index in [1.807, 2.05) is 41.2 Å². The summed E-state index contributed by atoms with van der Waals surface area (Å²) in [6.45, 7) is 5.72. The Morgan fingerprint density at radius 2 is 1.94 bits per heavy atom. The zero-order valence-corrected chi connectivity index (χ0v) is 20.3. The summed E-state index contributed by atoms with van der Waals surface area (Å²) >= 11 is 5.59. The minimum Gasteiger partial charge on any atom is -0.371 e. The second-order valence-corrected chi connectivity index (χ2v) is 10.3. The lowest BCUT2D eigenvalue weighted by molar-refractivity contribution is 0.00645. The van der Waals surface area contributed by atoms with E-state index in [-0.39, 0.29) is 0 Å². The molecular formula is C27H32N6S. The smallest absolute Gasteiger partial charge is 0.170 e. The first-order chi connectivity index (χ1) is 16.7. The first kappa shape index (κ1) is 21.6. The third-order valence-electron chi connectivity index (χ3n) is 7.84. The van der Waals surface area contributed by atoms with Crippen LogP contribution in [0.25, 0.3) is 5.69 Å². The van der Waals surface area contributed by atoms with Gasteiger partial charge in [0.2, 0.25) is 0 Å². The van der Waals surface area contributed by atoms with Gasteiger partial charge in [0.15, 0.2) is 5.11 Å². The standard InChI is InChI=1S/C27H32N6S/c34-27(30-23-6-8-24(9-7-23)33-13-3-12-29-33)28-17-25-16-21-11-14-31(25)18-22(21)19-32-15-10-20-4-1-2-5-26(20)32/h1-9,12-13,21-22,25H,10-11,14-19H2,(H2,28,30,34)/t21-,22+,25+/m0/s1. The van der Waals surface area contributed by atoms with Gasteiger partial charge in [0.25, 0.3) is 0 Å². The number of nitrogens with one attached hydrogen (secondary N) is 2. The third-order valence-corrected chi connectivity index (χ3v) is 8.09. The Hall–Kier alpha value is -2.90. The van der Waals surface area contributed by atoms with Gasteiger partial charge in [0.05, 0.1) is 5.69 Å². The van der Waals surface area contributed by atoms with E-state index in [2.05, 4.69) is 49.8 Å². The van der Waals surface area contributed by atoms with Crippen LogP contribution in [0.4, 0.5) is 11.4 Å². The van der Waals surface area contributed by atoms with Crippen molar-refractivity contribution in [2.45, 2.75) is 25.3 Å². The highest BCUT2D eigenvalue weighted by Gasteiger charge is 2.41. The van der Waals surface area contributed by atoms with Crippen LogP contribution < -0.4 is 15.5 Å². The number of rotatable bonds is 6. The molecule has 5 heterocycles. The molecule has 4 aliphatic rings. The Labute approximate surface area is 206 Å². The fourth-order valence-corrected chi connectivity index (χ4v) is 6.25. The number of benzene rings is 2. The van der Waals surface area contributed by atoms with Crippen molar-refractivity contribution in [3.05, 3.63) is 72.6 Å². The molecule has 7 rings (SSSR count). The second-order valence-electron chi connectivity index (χ2n) is 9.85. The van der Waals surface area contributed by atoms with Crippen LogP contribution in [0.15, 0.2) is 67.0 Å². The van der Waals surface area contributed by atoms with Crippen molar-refractivity contribution in [1.29, 1.82) is 0 Å². The Morgan fingerprint density at radius 3 is 2.74 bits per heavy atom. The predicted molar refractivity (Wildman–Crippen MR) is 142 cm³/mol. The van der Waals surface area contributed by atoms with Crippen LogP contribution in [0.1, 0.15) is 18.4 Å². The molecule has 1 aromatic heterocycles. The minimum atomic E-state index is 0.572. The summed E-state index contributed by atoms with van der Waals surface area (Å²) < 4.78 is 1.85. The quantitative estimate of drug-likeness (QED) is 0.530. The number of aromatic nitrogens is 2. The molecule has 3 saturated heterocycles. The SMILES string of the molecule is S=C(NC[C@H]1C[C@@H]2CC[N@@]1C[C@@H]2CN1CCc2ccccc21)Nc1ccc(-n2cccn2)cc1. The summed E-state index contributed by atoms with van der Waals surface area (Å²) in [5.74, 6) is 1.59. The summed E-state index contributed by atoms with van der Waals surface area (Å²) in [6, 6.07) is 19.6. The lowest BCUT2D eigenvalue weighted by Crippen LogP contribution is -2.58. The highest BCUT2D eigenvalue weighted by atomic mass is 32.1. The summed E-state index contributed by atoms with van der Waals surface area (Å²) in [6.07, 6.45) is 7.53. The normalized spacial score (nSPS) is 25.2. The number of nitrogens with zero attached hydrogens (tertiary/aromatic N) is 4. The van der Waals surface area contributed by atoms with Gasteiger partial charge in [-0.15, -0.1) is 0 Å². The van der Waals surface area contributed by atoms with Crippen molar-refractivity contribution < 1.29 is 0 Å². The zero-order chi connectivity index (χ0) is 22.9. The summed E-state index contributed by atoms with van der Waals surface area (Å²) in [5.41, 5.74) is 5.01. The third kappa shape index (κ3) is 4.42. The minimum absolute atomic E-state index is 0.572. The molecular weight excluding hydrogens is 440 g/mol. The molecule has 0 radical (unpaired) electrons. The van der Waals surface area contributed by atoms with Gasteiger partial charge in [-0.3, -0.25) is 4.90 Å². The number of hydrogen-bond acceptors (Lipinski definition) is 4. The van der Waals surface area contributed by atoms with Crippen molar-refractivity contribution in [2.75, 3.05) is 42.9 Å². The van der Waals surface area contributed by atoms with Gasteiger partial charge in [-0.2, -0.15) is 5.10 Å². The van der Waals surface area contributed by atoms with Gasteiger partial charge in [-0.1, -0.05) is 18.2 Å². The first-order valence-electron chi connectivity index (χ1n) is 12.4. The number of hydrogen-bond donors (Lipinski definition) is 2. The van der Waals surface area contributed by atoms with Crippen LogP contribution in [0.3, 0.4) is 0 Å². The molecule has 4 aliphatic heterocycles. The van der Waals surface area contributed by atoms with Gasteiger partial charge >= 0.3 is 0 Å². The largest absolute Gasteiger partial charge is 0.371 e. The molecule has 3 fully saturated rings. The van der Waals surface area contributed by atoms with Crippen molar-refractivity contribution >= 4 is 28.7 Å². The van der Waals surface area contributed by atoms with Gasteiger partial charge < -0.3 is 15.5 Å². The van der Waals surface area contributed by atoms with E-state index in [9.17, 15) is 0 Å². The molecule has 0 aliphatic carbocycles. The van der Waals surface area contributed by atoms with E-state index >= 15 is 0 Å². The van der Waals surface area contributed by atoms with Crippen molar-refractivity contribution in [1.82, 2.24) is 20.0 Å². The summed E-state index contributed by atoms with van der Waals surface area (Å²) in [7, 11) is 0. The van der Waals surface area contributed by atoms with E-state index in [0.717, 1.165) is 29.8 Å². The highest BCUT2D eigenvalue weighted by molar-refractivity contribution is 7.80. The Kier molecular flexibility index (Phi) is 5.97. The molecule has 7 heteroatoms. The van der Waals surface area contributed by atoms with E-state index in [0.29, 0.717) is 11.2 Å². The fourth-order valence-electron chi connectivity index (χ4n) is 6.05.